The van der Waals surface area contributed by atoms with E-state index in [0.29, 0.717) is 29.7 Å². The molecule has 0 fully saturated rings. The fraction of sp³-hybridized carbons (Fsp3) is 0.400. The lowest BCUT2D eigenvalue weighted by atomic mass is 10.1. The van der Waals surface area contributed by atoms with E-state index < -0.39 is 18.9 Å². The third-order valence-corrected chi connectivity index (χ3v) is 6.15. The molecule has 0 unspecified atom stereocenters. The Labute approximate surface area is 206 Å². The summed E-state index contributed by atoms with van der Waals surface area (Å²) in [4.78, 5) is 27.3. The number of hydrazine groups is 1. The van der Waals surface area contributed by atoms with Gasteiger partial charge in [0.2, 0.25) is 0 Å². The van der Waals surface area contributed by atoms with Crippen LogP contribution in [0.1, 0.15) is 23.6 Å². The van der Waals surface area contributed by atoms with Gasteiger partial charge in [-0.05, 0) is 54.8 Å². The predicted octanol–water partition coefficient (Wildman–Crippen LogP) is 3.51. The number of aromatic nitrogens is 2. The van der Waals surface area contributed by atoms with Gasteiger partial charge in [0, 0.05) is 37.4 Å². The molecule has 8 nitrogen and oxygen atoms in total. The summed E-state index contributed by atoms with van der Waals surface area (Å²) in [5.41, 5.74) is 3.63. The van der Waals surface area contributed by atoms with Gasteiger partial charge < -0.3 is 9.64 Å². The maximum absolute atomic E-state index is 13.6. The molecule has 2 aromatic carbocycles. The zero-order valence-electron chi connectivity index (χ0n) is 20.4. The number of esters is 1. The summed E-state index contributed by atoms with van der Waals surface area (Å²) in [5.74, 6) is -1.10. The lowest BCUT2D eigenvalue weighted by Crippen LogP contribution is -2.47. The van der Waals surface area contributed by atoms with Gasteiger partial charge in [0.1, 0.15) is 18.9 Å². The SMILES string of the molecule is CCOC(=O)CN(CC(=O)N(C)N1Cc2ccc(F)cc2C1)c1cc2cn(CC(F)F)nc2cc1C. The van der Waals surface area contributed by atoms with Crippen LogP contribution in [0.15, 0.2) is 36.5 Å². The number of carbonyl (C=O) groups excluding carboxylic acids is 2. The van der Waals surface area contributed by atoms with Gasteiger partial charge in [-0.25, -0.2) is 18.2 Å². The molecule has 3 aromatic rings. The Balaban J connectivity index is 1.57. The summed E-state index contributed by atoms with van der Waals surface area (Å²) >= 11 is 0. The molecule has 0 atom stereocenters. The molecule has 36 heavy (non-hydrogen) atoms. The van der Waals surface area contributed by atoms with E-state index in [1.54, 1.807) is 49.0 Å². The summed E-state index contributed by atoms with van der Waals surface area (Å²) in [5, 5.41) is 8.09. The Kier molecular flexibility index (Phi) is 7.48. The zero-order chi connectivity index (χ0) is 26.0. The average molecular weight is 504 g/mol. The smallest absolute Gasteiger partial charge is 0.325 e. The first-order valence-electron chi connectivity index (χ1n) is 11.6. The number of fused-ring (bicyclic) bond motifs is 2. The van der Waals surface area contributed by atoms with Crippen molar-refractivity contribution in [3.63, 3.8) is 0 Å². The highest BCUT2D eigenvalue weighted by molar-refractivity contribution is 5.89. The number of benzene rings is 2. The second-order valence-corrected chi connectivity index (χ2v) is 8.75. The van der Waals surface area contributed by atoms with Gasteiger partial charge in [-0.3, -0.25) is 19.3 Å². The Morgan fingerprint density at radius 2 is 1.89 bits per heavy atom. The van der Waals surface area contributed by atoms with Crippen LogP contribution in [0.5, 0.6) is 0 Å². The van der Waals surface area contributed by atoms with E-state index in [4.69, 9.17) is 4.74 Å². The van der Waals surface area contributed by atoms with Crippen molar-refractivity contribution in [1.82, 2.24) is 19.8 Å². The van der Waals surface area contributed by atoms with Crippen molar-refractivity contribution in [2.45, 2.75) is 39.9 Å². The molecule has 1 aliphatic rings. The van der Waals surface area contributed by atoms with Crippen LogP contribution in [-0.4, -0.2) is 64.8 Å². The van der Waals surface area contributed by atoms with E-state index >= 15 is 0 Å². The number of rotatable bonds is 9. The molecule has 0 saturated carbocycles. The van der Waals surface area contributed by atoms with Crippen molar-refractivity contribution in [1.29, 1.82) is 0 Å². The Hall–Kier alpha value is -3.60. The maximum Gasteiger partial charge on any atom is 0.325 e. The molecule has 0 spiro atoms. The molecule has 0 aliphatic carbocycles. The number of likely N-dealkylation sites (N-methyl/N-ethyl adjacent to an activating group) is 1. The van der Waals surface area contributed by atoms with Gasteiger partial charge in [-0.2, -0.15) is 5.10 Å². The Morgan fingerprint density at radius 1 is 1.14 bits per heavy atom. The summed E-state index contributed by atoms with van der Waals surface area (Å²) in [6, 6.07) is 8.05. The standard InChI is InChI=1S/C25H28F3N5O3/c1-4-36-25(35)15-31(22-9-19-10-32(13-23(27)28)29-21(19)7-16(22)2)14-24(34)30(3)33-11-17-5-6-20(26)8-18(17)12-33/h5-10,23H,4,11-15H2,1-3H3. The van der Waals surface area contributed by atoms with E-state index in [1.165, 1.54) is 28.0 Å². The summed E-state index contributed by atoms with van der Waals surface area (Å²) in [6.07, 6.45) is -1.02. The van der Waals surface area contributed by atoms with Crippen LogP contribution < -0.4 is 4.90 Å². The number of carbonyl (C=O) groups is 2. The molecule has 1 aliphatic heterocycles. The number of nitrogens with zero attached hydrogens (tertiary/aromatic N) is 5. The largest absolute Gasteiger partial charge is 0.465 e. The molecule has 192 valence electrons. The van der Waals surface area contributed by atoms with Gasteiger partial charge in [-0.15, -0.1) is 0 Å². The molecule has 1 amide bonds. The summed E-state index contributed by atoms with van der Waals surface area (Å²) < 4.78 is 45.5. The Bertz CT molecular complexity index is 1280. The van der Waals surface area contributed by atoms with Crippen molar-refractivity contribution < 1.29 is 27.5 Å². The molecule has 0 saturated heterocycles. The number of amides is 1. The van der Waals surface area contributed by atoms with Crippen molar-refractivity contribution in [2.24, 2.45) is 0 Å². The zero-order valence-corrected chi connectivity index (χ0v) is 20.4. The fourth-order valence-corrected chi connectivity index (χ4v) is 4.36. The molecule has 11 heteroatoms. The highest BCUT2D eigenvalue weighted by atomic mass is 19.3. The first-order chi connectivity index (χ1) is 17.1. The molecule has 4 rings (SSSR count). The van der Waals surface area contributed by atoms with Gasteiger partial charge in [-0.1, -0.05) is 6.07 Å². The van der Waals surface area contributed by atoms with Crippen molar-refractivity contribution in [2.75, 3.05) is 31.6 Å². The summed E-state index contributed by atoms with van der Waals surface area (Å²) in [7, 11) is 1.64. The van der Waals surface area contributed by atoms with Crippen LogP contribution in [0.4, 0.5) is 18.9 Å². The quantitative estimate of drug-likeness (QED) is 0.417. The monoisotopic (exact) mass is 503 g/mol. The topological polar surface area (TPSA) is 70.9 Å². The lowest BCUT2D eigenvalue weighted by Gasteiger charge is -2.31. The number of alkyl halides is 2. The van der Waals surface area contributed by atoms with E-state index in [9.17, 15) is 22.8 Å². The molecule has 1 aromatic heterocycles. The van der Waals surface area contributed by atoms with Crippen molar-refractivity contribution in [3.05, 3.63) is 59.0 Å². The number of anilines is 1. The molecule has 0 bridgehead atoms. The van der Waals surface area contributed by atoms with Crippen LogP contribution in [-0.2, 0) is 34.0 Å². The minimum absolute atomic E-state index is 0.131. The van der Waals surface area contributed by atoms with E-state index in [0.717, 1.165) is 16.7 Å². The number of halogens is 3. The van der Waals surface area contributed by atoms with Crippen molar-refractivity contribution in [3.8, 4) is 0 Å². The second-order valence-electron chi connectivity index (χ2n) is 8.75. The minimum Gasteiger partial charge on any atom is -0.465 e. The first kappa shape index (κ1) is 25.5. The third-order valence-electron chi connectivity index (χ3n) is 6.15. The Morgan fingerprint density at radius 3 is 2.61 bits per heavy atom. The highest BCUT2D eigenvalue weighted by Gasteiger charge is 2.28. The van der Waals surface area contributed by atoms with Gasteiger partial charge in [0.25, 0.3) is 12.3 Å². The van der Waals surface area contributed by atoms with Crippen LogP contribution in [0.2, 0.25) is 0 Å². The fourth-order valence-electron chi connectivity index (χ4n) is 4.36. The first-order valence-corrected chi connectivity index (χ1v) is 11.6. The third kappa shape index (κ3) is 5.62. The van der Waals surface area contributed by atoms with E-state index in [2.05, 4.69) is 5.10 Å². The molecule has 0 N–H and O–H groups in total. The van der Waals surface area contributed by atoms with E-state index in [1.807, 2.05) is 0 Å². The van der Waals surface area contributed by atoms with Gasteiger partial charge >= 0.3 is 5.97 Å². The predicted molar refractivity (Wildman–Crippen MR) is 128 cm³/mol. The van der Waals surface area contributed by atoms with Gasteiger partial charge in [0.15, 0.2) is 0 Å². The number of aryl methyl sites for hydroxylation is 1. The molecule has 2 heterocycles. The van der Waals surface area contributed by atoms with Crippen molar-refractivity contribution >= 4 is 28.5 Å². The average Bonchev–Trinajstić information content (AvgIpc) is 3.39. The highest BCUT2D eigenvalue weighted by Crippen LogP contribution is 2.28. The molecule has 0 radical (unpaired) electrons. The van der Waals surface area contributed by atoms with Crippen LogP contribution >= 0.6 is 0 Å². The van der Waals surface area contributed by atoms with Crippen LogP contribution in [0, 0.1) is 12.7 Å². The maximum atomic E-state index is 13.6. The lowest BCUT2D eigenvalue weighted by molar-refractivity contribution is -0.145. The number of hydrogen-bond donors (Lipinski definition) is 0. The summed E-state index contributed by atoms with van der Waals surface area (Å²) in [6.45, 7) is 3.72. The van der Waals surface area contributed by atoms with Crippen LogP contribution in [0.3, 0.4) is 0 Å². The second kappa shape index (κ2) is 10.6. The van der Waals surface area contributed by atoms with Gasteiger partial charge in [0.05, 0.1) is 18.7 Å². The minimum atomic E-state index is -2.54. The normalized spacial score (nSPS) is 13.3. The van der Waals surface area contributed by atoms with Crippen LogP contribution in [0.25, 0.3) is 10.9 Å². The number of ether oxygens (including phenoxy) is 1. The number of hydrogen-bond acceptors (Lipinski definition) is 6. The molecular weight excluding hydrogens is 475 g/mol. The van der Waals surface area contributed by atoms with E-state index in [-0.39, 0.29) is 31.4 Å². The molecular formula is C25H28F3N5O3.